The Kier molecular flexibility index (Phi) is 11.4. The molecule has 0 unspecified atom stereocenters. The molecule has 3 heterocycles. The third-order valence-corrected chi connectivity index (χ3v) is 13.5. The van der Waals surface area contributed by atoms with Gasteiger partial charge in [-0.1, -0.05) is 109 Å². The number of carbonyl (C=O) groups excluding carboxylic acids is 1. The van der Waals surface area contributed by atoms with Crippen LogP contribution in [0.1, 0.15) is 11.5 Å². The highest BCUT2D eigenvalue weighted by Crippen LogP contribution is 2.56. The number of carbonyl (C=O) groups is 1. The van der Waals surface area contributed by atoms with E-state index >= 15 is 0 Å². The summed E-state index contributed by atoms with van der Waals surface area (Å²) >= 11 is 6.94. The van der Waals surface area contributed by atoms with Crippen molar-refractivity contribution in [2.75, 3.05) is 31.2 Å². The summed E-state index contributed by atoms with van der Waals surface area (Å²) in [6, 6.07) is 41.7. The molecular formula is C36H31ClN3O7PS2. The summed E-state index contributed by atoms with van der Waals surface area (Å²) in [7, 11) is -7.51. The average molecular weight is 748 g/mol. The van der Waals surface area contributed by atoms with Gasteiger partial charge < -0.3 is 14.1 Å². The molecule has 14 heteroatoms. The second-order valence-corrected chi connectivity index (χ2v) is 16.8. The molecule has 256 valence electrons. The van der Waals surface area contributed by atoms with E-state index < -0.39 is 17.5 Å². The molecule has 0 aliphatic carbocycles. The van der Waals surface area contributed by atoms with Gasteiger partial charge in [0.05, 0.1) is 24.7 Å². The Labute approximate surface area is 301 Å². The fraction of sp³-hybridized carbons (Fsp3) is 0.139. The highest BCUT2D eigenvalue weighted by molar-refractivity contribution is 8.26. The normalized spacial score (nSPS) is 16.0. The summed E-state index contributed by atoms with van der Waals surface area (Å²) in [5.41, 5.74) is 1.89. The summed E-state index contributed by atoms with van der Waals surface area (Å²) in [6.45, 7) is 2.98. The number of thioether (sulfide) groups is 1. The maximum atomic E-state index is 13.6. The van der Waals surface area contributed by atoms with Gasteiger partial charge in [-0.15, -0.1) is 10.2 Å². The van der Waals surface area contributed by atoms with Crippen LogP contribution >= 0.6 is 31.2 Å². The van der Waals surface area contributed by atoms with Crippen molar-refractivity contribution in [3.63, 3.8) is 0 Å². The number of oxazole rings is 1. The number of anilines is 1. The molecule has 2 aliphatic heterocycles. The first-order valence-electron chi connectivity index (χ1n) is 15.5. The minimum absolute atomic E-state index is 0.142. The van der Waals surface area contributed by atoms with Gasteiger partial charge >= 0.3 is 0 Å². The molecular weight excluding hydrogens is 717 g/mol. The second kappa shape index (κ2) is 15.9. The fourth-order valence-corrected chi connectivity index (χ4v) is 11.3. The largest absolute Gasteiger partial charge is 0.417 e. The van der Waals surface area contributed by atoms with E-state index in [-0.39, 0.29) is 5.91 Å². The van der Waals surface area contributed by atoms with Crippen LogP contribution in [0.15, 0.2) is 131 Å². The number of aromatic nitrogens is 1. The van der Waals surface area contributed by atoms with E-state index in [1.165, 1.54) is 27.7 Å². The SMILES string of the molecule is O=C1C(=Cc2nc([P+](c3ccccc3)(c3ccccc3)c3ccccc3)c(N3CCOCC3)o2)SC(=S)N1Cc1ccccc1.[O-][Cl+3]([O-])([O-])[O-]. The van der Waals surface area contributed by atoms with Gasteiger partial charge in [-0.3, -0.25) is 9.69 Å². The summed E-state index contributed by atoms with van der Waals surface area (Å²) in [5.74, 6) is 0.963. The minimum atomic E-state index is -4.94. The molecule has 10 nitrogen and oxygen atoms in total. The molecule has 2 aliphatic rings. The van der Waals surface area contributed by atoms with E-state index in [1.807, 2.05) is 48.5 Å². The molecule has 5 aromatic rings. The Balaban J connectivity index is 0.000000808. The quantitative estimate of drug-likeness (QED) is 0.126. The van der Waals surface area contributed by atoms with E-state index in [0.29, 0.717) is 53.8 Å². The second-order valence-electron chi connectivity index (χ2n) is 11.1. The van der Waals surface area contributed by atoms with Gasteiger partial charge in [0.1, 0.15) is 20.2 Å². The molecule has 0 atom stereocenters. The Morgan fingerprint density at radius 2 is 1.24 bits per heavy atom. The van der Waals surface area contributed by atoms with Gasteiger partial charge in [0, 0.05) is 19.2 Å². The first-order valence-corrected chi connectivity index (χ1v) is 19.7. The minimum Gasteiger partial charge on any atom is -0.417 e. The highest BCUT2D eigenvalue weighted by atomic mass is 35.7. The monoisotopic (exact) mass is 747 g/mol. The molecule has 0 N–H and O–H groups in total. The summed E-state index contributed by atoms with van der Waals surface area (Å²) in [6.07, 6.45) is 1.76. The Bertz CT molecular complexity index is 1840. The number of thiocarbonyl (C=S) groups is 1. The van der Waals surface area contributed by atoms with Crippen LogP contribution in [0.2, 0.25) is 0 Å². The first-order chi connectivity index (χ1) is 24.1. The lowest BCUT2D eigenvalue weighted by atomic mass is 10.2. The zero-order valence-electron chi connectivity index (χ0n) is 26.5. The molecule has 4 aromatic carbocycles. The van der Waals surface area contributed by atoms with E-state index in [2.05, 4.69) is 77.7 Å². The number of benzene rings is 4. The number of amides is 1. The molecule has 0 spiro atoms. The van der Waals surface area contributed by atoms with Gasteiger partial charge in [0.15, 0.2) is 7.26 Å². The molecule has 1 aromatic heterocycles. The average Bonchev–Trinajstić information content (AvgIpc) is 3.66. The lowest BCUT2D eigenvalue weighted by molar-refractivity contribution is -2.00. The van der Waals surface area contributed by atoms with Crippen molar-refractivity contribution in [3.8, 4) is 0 Å². The van der Waals surface area contributed by atoms with Gasteiger partial charge in [-0.2, -0.15) is 4.98 Å². The van der Waals surface area contributed by atoms with Crippen molar-refractivity contribution in [1.29, 1.82) is 0 Å². The van der Waals surface area contributed by atoms with Crippen LogP contribution in [0, 0.1) is 10.2 Å². The summed E-state index contributed by atoms with van der Waals surface area (Å²) in [4.78, 5) is 23.3. The number of hydrogen-bond donors (Lipinski definition) is 0. The van der Waals surface area contributed by atoms with Crippen LogP contribution in [-0.2, 0) is 16.1 Å². The van der Waals surface area contributed by atoms with Crippen molar-refractivity contribution in [2.24, 2.45) is 0 Å². The molecule has 0 bridgehead atoms. The van der Waals surface area contributed by atoms with E-state index in [9.17, 15) is 4.79 Å². The van der Waals surface area contributed by atoms with Crippen LogP contribution in [0.25, 0.3) is 6.08 Å². The van der Waals surface area contributed by atoms with Crippen molar-refractivity contribution < 1.29 is 42.8 Å². The third-order valence-electron chi connectivity index (χ3n) is 7.97. The van der Waals surface area contributed by atoms with E-state index in [0.717, 1.165) is 11.0 Å². The zero-order valence-corrected chi connectivity index (χ0v) is 29.8. The number of nitrogens with zero attached hydrogens (tertiary/aromatic N) is 3. The zero-order chi connectivity index (χ0) is 35.1. The maximum absolute atomic E-state index is 13.6. The number of morpholine rings is 1. The number of hydrogen-bond acceptors (Lipinski definition) is 11. The number of ether oxygens (including phenoxy) is 1. The van der Waals surface area contributed by atoms with E-state index in [1.54, 1.807) is 11.0 Å². The topological polar surface area (TPSA) is 151 Å². The van der Waals surface area contributed by atoms with Crippen molar-refractivity contribution >= 4 is 74.8 Å². The molecule has 1 amide bonds. The molecule has 0 radical (unpaired) electrons. The van der Waals surface area contributed by atoms with Crippen LogP contribution in [-0.4, -0.2) is 46.4 Å². The predicted molar refractivity (Wildman–Crippen MR) is 189 cm³/mol. The Morgan fingerprint density at radius 3 is 1.72 bits per heavy atom. The van der Waals surface area contributed by atoms with Crippen molar-refractivity contribution in [3.05, 3.63) is 138 Å². The molecule has 0 saturated carbocycles. The molecule has 50 heavy (non-hydrogen) atoms. The van der Waals surface area contributed by atoms with Gasteiger partial charge in [-0.25, -0.2) is 18.6 Å². The fourth-order valence-electron chi connectivity index (χ4n) is 5.86. The maximum Gasteiger partial charge on any atom is 0.266 e. The molecule has 7 rings (SSSR count). The highest BCUT2D eigenvalue weighted by Gasteiger charge is 2.53. The van der Waals surface area contributed by atoms with Crippen molar-refractivity contribution in [2.45, 2.75) is 6.54 Å². The number of halogens is 1. The van der Waals surface area contributed by atoms with Crippen molar-refractivity contribution in [1.82, 2.24) is 9.88 Å². The Morgan fingerprint density at radius 1 is 0.780 bits per heavy atom. The number of rotatable bonds is 8. The lowest BCUT2D eigenvalue weighted by Crippen LogP contribution is -2.68. The Hall–Kier alpha value is -3.94. The smallest absolute Gasteiger partial charge is 0.266 e. The molecule has 2 saturated heterocycles. The van der Waals surface area contributed by atoms with Gasteiger partial charge in [-0.05, 0) is 42.0 Å². The van der Waals surface area contributed by atoms with Gasteiger partial charge in [0.25, 0.3) is 17.2 Å². The van der Waals surface area contributed by atoms with E-state index in [4.69, 9.17) is 45.0 Å². The third kappa shape index (κ3) is 8.16. The predicted octanol–water partition coefficient (Wildman–Crippen LogP) is 0.776. The molecule has 2 fully saturated rings. The van der Waals surface area contributed by atoms with Crippen LogP contribution in [0.5, 0.6) is 0 Å². The first kappa shape index (κ1) is 35.9. The van der Waals surface area contributed by atoms with Crippen LogP contribution in [0.4, 0.5) is 5.88 Å². The van der Waals surface area contributed by atoms with Crippen LogP contribution in [0.3, 0.4) is 0 Å². The standard InChI is InChI=1S/C36H31N3O3PS2.ClHO4/c40-34-31(45-36(44)39(34)26-27-13-5-1-6-14-27)25-32-37-33(35(42-32)38-21-23-41-24-22-38)43(28-15-7-2-8-16-28,29-17-9-3-10-18-29)30-19-11-4-12-20-30;2-1(3,4)5/h1-20,25H,21-24,26H2;(H,2,3,4,5)/q+1;/p-1. The lowest BCUT2D eigenvalue weighted by Gasteiger charge is -2.30. The van der Waals surface area contributed by atoms with Gasteiger partial charge in [0.2, 0.25) is 5.89 Å². The summed E-state index contributed by atoms with van der Waals surface area (Å²) in [5, 5.41) is 3.52. The summed E-state index contributed by atoms with van der Waals surface area (Å²) < 4.78 is 46.9. The van der Waals surface area contributed by atoms with Crippen LogP contribution < -0.4 is 44.9 Å².